The standard InChI is InChI=1S/C20H15F3N4O3/c21-20(22,23)30-16-7-4-14(5-8-16)15-6-9-17-25-27(19(28)26(17)13-15)11-12-29-18-3-1-2-10-24-18/h1-10,13H,11-12H2. The lowest BCUT2D eigenvalue weighted by molar-refractivity contribution is -0.274. The van der Waals surface area contributed by atoms with Gasteiger partial charge in [0.2, 0.25) is 5.88 Å². The first kappa shape index (κ1) is 19.5. The van der Waals surface area contributed by atoms with E-state index in [9.17, 15) is 18.0 Å². The Hall–Kier alpha value is -3.82. The van der Waals surface area contributed by atoms with E-state index < -0.39 is 6.36 Å². The van der Waals surface area contributed by atoms with E-state index in [-0.39, 0.29) is 24.6 Å². The lowest BCUT2D eigenvalue weighted by atomic mass is 10.1. The fourth-order valence-corrected chi connectivity index (χ4v) is 2.85. The molecule has 0 unspecified atom stereocenters. The molecule has 3 heterocycles. The molecule has 10 heteroatoms. The van der Waals surface area contributed by atoms with Crippen molar-refractivity contribution in [3.63, 3.8) is 0 Å². The summed E-state index contributed by atoms with van der Waals surface area (Å²) < 4.78 is 48.9. The summed E-state index contributed by atoms with van der Waals surface area (Å²) >= 11 is 0. The summed E-state index contributed by atoms with van der Waals surface area (Å²) in [5.41, 5.74) is 1.36. The maximum Gasteiger partial charge on any atom is 0.573 e. The molecule has 7 nitrogen and oxygen atoms in total. The van der Waals surface area contributed by atoms with E-state index in [1.807, 2.05) is 0 Å². The second-order valence-electron chi connectivity index (χ2n) is 6.24. The molecular formula is C20H15F3N4O3. The van der Waals surface area contributed by atoms with Crippen molar-refractivity contribution in [1.29, 1.82) is 0 Å². The second-order valence-corrected chi connectivity index (χ2v) is 6.24. The summed E-state index contributed by atoms with van der Waals surface area (Å²) in [4.78, 5) is 16.7. The number of rotatable bonds is 6. The van der Waals surface area contributed by atoms with Crippen LogP contribution in [0.15, 0.2) is 71.8 Å². The third kappa shape index (κ3) is 4.43. The van der Waals surface area contributed by atoms with Crippen LogP contribution in [0, 0.1) is 0 Å². The first-order valence-corrected chi connectivity index (χ1v) is 8.88. The van der Waals surface area contributed by atoms with E-state index in [0.717, 1.165) is 0 Å². The van der Waals surface area contributed by atoms with Crippen LogP contribution in [0.4, 0.5) is 13.2 Å². The Morgan fingerprint density at radius 3 is 2.43 bits per heavy atom. The van der Waals surface area contributed by atoms with Crippen molar-refractivity contribution < 1.29 is 22.6 Å². The van der Waals surface area contributed by atoms with Crippen molar-refractivity contribution in [2.75, 3.05) is 6.61 Å². The maximum absolute atomic E-state index is 12.6. The van der Waals surface area contributed by atoms with Crippen molar-refractivity contribution in [3.8, 4) is 22.8 Å². The molecule has 0 fully saturated rings. The van der Waals surface area contributed by atoms with Gasteiger partial charge in [0.05, 0.1) is 6.54 Å². The fourth-order valence-electron chi connectivity index (χ4n) is 2.85. The summed E-state index contributed by atoms with van der Waals surface area (Å²) in [5, 5.41) is 4.25. The topological polar surface area (TPSA) is 70.7 Å². The minimum atomic E-state index is -4.75. The molecule has 3 aromatic heterocycles. The molecule has 0 saturated carbocycles. The summed E-state index contributed by atoms with van der Waals surface area (Å²) in [6.07, 6.45) is -1.56. The average Bonchev–Trinajstić information content (AvgIpc) is 3.03. The van der Waals surface area contributed by atoms with Crippen LogP contribution in [0.2, 0.25) is 0 Å². The Labute approximate surface area is 167 Å². The number of pyridine rings is 2. The molecule has 4 aromatic rings. The number of hydrogen-bond donors (Lipinski definition) is 0. The second kappa shape index (κ2) is 7.90. The number of halogens is 3. The maximum atomic E-state index is 12.6. The molecule has 4 rings (SSSR count). The van der Waals surface area contributed by atoms with E-state index >= 15 is 0 Å². The Bertz CT molecular complexity index is 1200. The Morgan fingerprint density at radius 2 is 1.73 bits per heavy atom. The number of alkyl halides is 3. The van der Waals surface area contributed by atoms with E-state index in [1.165, 1.54) is 33.3 Å². The van der Waals surface area contributed by atoms with E-state index in [1.54, 1.807) is 42.7 Å². The molecule has 0 aliphatic heterocycles. The SMILES string of the molecule is O=c1n(CCOc2ccccn2)nc2ccc(-c3ccc(OC(F)(F)F)cc3)cn12. The number of fused-ring (bicyclic) bond motifs is 1. The molecule has 0 atom stereocenters. The largest absolute Gasteiger partial charge is 0.573 e. The van der Waals surface area contributed by atoms with Crippen molar-refractivity contribution >= 4 is 5.65 Å². The van der Waals surface area contributed by atoms with Crippen molar-refractivity contribution in [1.82, 2.24) is 19.2 Å². The molecule has 0 aliphatic carbocycles. The van der Waals surface area contributed by atoms with Gasteiger partial charge in [-0.15, -0.1) is 18.3 Å². The number of hydrogen-bond acceptors (Lipinski definition) is 5. The van der Waals surface area contributed by atoms with Gasteiger partial charge >= 0.3 is 12.1 Å². The van der Waals surface area contributed by atoms with Crippen LogP contribution in [0.25, 0.3) is 16.8 Å². The lowest BCUT2D eigenvalue weighted by Gasteiger charge is -2.09. The van der Waals surface area contributed by atoms with Gasteiger partial charge in [-0.05, 0) is 41.5 Å². The van der Waals surface area contributed by atoms with Crippen LogP contribution < -0.4 is 15.2 Å². The van der Waals surface area contributed by atoms with Crippen LogP contribution in [0.5, 0.6) is 11.6 Å². The van der Waals surface area contributed by atoms with E-state index in [4.69, 9.17) is 4.74 Å². The fraction of sp³-hybridized carbons (Fsp3) is 0.150. The Kier molecular flexibility index (Phi) is 5.13. The number of ether oxygens (including phenoxy) is 2. The van der Waals surface area contributed by atoms with E-state index in [0.29, 0.717) is 22.7 Å². The Balaban J connectivity index is 1.51. The highest BCUT2D eigenvalue weighted by Gasteiger charge is 2.30. The average molecular weight is 416 g/mol. The monoisotopic (exact) mass is 416 g/mol. The minimum absolute atomic E-state index is 0.217. The smallest absolute Gasteiger partial charge is 0.476 e. The van der Waals surface area contributed by atoms with Crippen LogP contribution in [0.3, 0.4) is 0 Å². The van der Waals surface area contributed by atoms with Crippen LogP contribution >= 0.6 is 0 Å². The van der Waals surface area contributed by atoms with Crippen LogP contribution in [-0.2, 0) is 6.54 Å². The van der Waals surface area contributed by atoms with Crippen LogP contribution in [0.1, 0.15) is 0 Å². The third-order valence-electron chi connectivity index (χ3n) is 4.19. The zero-order valence-electron chi connectivity index (χ0n) is 15.4. The molecule has 0 N–H and O–H groups in total. The summed E-state index contributed by atoms with van der Waals surface area (Å²) in [5.74, 6) is 0.139. The highest BCUT2D eigenvalue weighted by molar-refractivity contribution is 5.65. The first-order valence-electron chi connectivity index (χ1n) is 8.88. The van der Waals surface area contributed by atoms with Gasteiger partial charge in [0, 0.05) is 18.5 Å². The highest BCUT2D eigenvalue weighted by Crippen LogP contribution is 2.26. The molecular weight excluding hydrogens is 401 g/mol. The zero-order valence-corrected chi connectivity index (χ0v) is 15.4. The number of nitrogens with zero attached hydrogens (tertiary/aromatic N) is 4. The third-order valence-corrected chi connectivity index (χ3v) is 4.19. The summed E-state index contributed by atoms with van der Waals surface area (Å²) in [6.45, 7) is 0.449. The van der Waals surface area contributed by atoms with Crippen molar-refractivity contribution in [2.45, 2.75) is 12.9 Å². The van der Waals surface area contributed by atoms with Crippen LogP contribution in [-0.4, -0.2) is 32.1 Å². The van der Waals surface area contributed by atoms with Crippen molar-refractivity contribution in [2.24, 2.45) is 0 Å². The highest BCUT2D eigenvalue weighted by atomic mass is 19.4. The quantitative estimate of drug-likeness (QED) is 0.481. The molecule has 0 saturated heterocycles. The molecule has 0 aliphatic rings. The van der Waals surface area contributed by atoms with Gasteiger partial charge in [-0.25, -0.2) is 18.9 Å². The minimum Gasteiger partial charge on any atom is -0.476 e. The molecule has 30 heavy (non-hydrogen) atoms. The van der Waals surface area contributed by atoms with Crippen molar-refractivity contribution in [3.05, 3.63) is 77.5 Å². The normalized spacial score (nSPS) is 11.6. The molecule has 0 amide bonds. The van der Waals surface area contributed by atoms with Gasteiger partial charge in [0.25, 0.3) is 0 Å². The van der Waals surface area contributed by atoms with Gasteiger partial charge in [-0.3, -0.25) is 0 Å². The lowest BCUT2D eigenvalue weighted by Crippen LogP contribution is -2.24. The molecule has 0 bridgehead atoms. The van der Waals surface area contributed by atoms with Gasteiger partial charge in [0.15, 0.2) is 5.65 Å². The molecule has 0 radical (unpaired) electrons. The van der Waals surface area contributed by atoms with Gasteiger partial charge in [-0.1, -0.05) is 18.2 Å². The van der Waals surface area contributed by atoms with Gasteiger partial charge in [0.1, 0.15) is 12.4 Å². The Morgan fingerprint density at radius 1 is 0.967 bits per heavy atom. The first-order chi connectivity index (χ1) is 14.4. The van der Waals surface area contributed by atoms with E-state index in [2.05, 4.69) is 14.8 Å². The molecule has 1 aromatic carbocycles. The number of benzene rings is 1. The zero-order chi connectivity index (χ0) is 21.1. The number of aromatic nitrogens is 4. The summed E-state index contributed by atoms with van der Waals surface area (Å²) in [6, 6.07) is 14.1. The molecule has 154 valence electrons. The van der Waals surface area contributed by atoms with Gasteiger partial charge < -0.3 is 9.47 Å². The predicted octanol–water partition coefficient (Wildman–Crippen LogP) is 3.54. The predicted molar refractivity (Wildman–Crippen MR) is 101 cm³/mol. The molecule has 0 spiro atoms. The summed E-state index contributed by atoms with van der Waals surface area (Å²) in [7, 11) is 0. The van der Waals surface area contributed by atoms with Gasteiger partial charge in [-0.2, -0.15) is 0 Å².